The Kier molecular flexibility index (Phi) is 6.74. The molecule has 2 aromatic rings. The molecule has 27 heavy (non-hydrogen) atoms. The predicted octanol–water partition coefficient (Wildman–Crippen LogP) is 7.07. The van der Waals surface area contributed by atoms with Gasteiger partial charge in [-0.1, -0.05) is 97.7 Å². The minimum atomic E-state index is -0.159. The molecule has 0 atom stereocenters. The smallest absolute Gasteiger partial charge is 0.122 e. The summed E-state index contributed by atoms with van der Waals surface area (Å²) in [6.07, 6.45) is 0.492. The second kappa shape index (κ2) is 8.16. The van der Waals surface area contributed by atoms with Gasteiger partial charge in [-0.05, 0) is 44.2 Å². The van der Waals surface area contributed by atoms with Crippen LogP contribution >= 0.6 is 31.9 Å². The molecule has 0 aliphatic heterocycles. The van der Waals surface area contributed by atoms with E-state index in [9.17, 15) is 10.2 Å². The topological polar surface area (TPSA) is 40.5 Å². The van der Waals surface area contributed by atoms with Crippen molar-refractivity contribution in [3.63, 3.8) is 0 Å². The molecule has 2 nitrogen and oxygen atoms in total. The molecule has 0 spiro atoms. The minimum Gasteiger partial charge on any atom is -0.507 e. The van der Waals surface area contributed by atoms with Crippen LogP contribution in [-0.4, -0.2) is 10.2 Å². The second-order valence-electron chi connectivity index (χ2n) is 9.25. The normalized spacial score (nSPS) is 12.4. The van der Waals surface area contributed by atoms with Crippen molar-refractivity contribution in [3.05, 3.63) is 57.6 Å². The molecule has 0 aromatic heterocycles. The molecule has 0 bridgehead atoms. The quantitative estimate of drug-likeness (QED) is 0.443. The van der Waals surface area contributed by atoms with E-state index in [2.05, 4.69) is 85.5 Å². The lowest BCUT2D eigenvalue weighted by atomic mass is 9.81. The number of benzene rings is 2. The van der Waals surface area contributed by atoms with Crippen LogP contribution in [0.2, 0.25) is 0 Å². The fraction of sp³-hybridized carbons (Fsp3) is 0.478. The van der Waals surface area contributed by atoms with Crippen LogP contribution in [0, 0.1) is 0 Å². The van der Waals surface area contributed by atoms with Crippen molar-refractivity contribution in [2.24, 2.45) is 0 Å². The van der Waals surface area contributed by atoms with Gasteiger partial charge in [-0.25, -0.2) is 0 Å². The molecule has 0 saturated heterocycles. The summed E-state index contributed by atoms with van der Waals surface area (Å²) in [6, 6.07) is 8.17. The third-order valence-electron chi connectivity index (χ3n) is 4.80. The Morgan fingerprint density at radius 3 is 1.26 bits per heavy atom. The molecule has 0 radical (unpaired) electrons. The van der Waals surface area contributed by atoms with Crippen LogP contribution < -0.4 is 0 Å². The van der Waals surface area contributed by atoms with Crippen molar-refractivity contribution in [2.75, 3.05) is 0 Å². The van der Waals surface area contributed by atoms with E-state index in [0.717, 1.165) is 44.0 Å². The molecule has 0 heterocycles. The van der Waals surface area contributed by atoms with E-state index in [1.54, 1.807) is 0 Å². The van der Waals surface area contributed by atoms with Crippen molar-refractivity contribution in [3.8, 4) is 11.5 Å². The fourth-order valence-corrected chi connectivity index (χ4v) is 3.94. The van der Waals surface area contributed by atoms with Crippen LogP contribution in [0.3, 0.4) is 0 Å². The van der Waals surface area contributed by atoms with Gasteiger partial charge in [0.05, 0.1) is 0 Å². The number of phenols is 2. The molecule has 0 amide bonds. The monoisotopic (exact) mass is 496 g/mol. The Hall–Kier alpha value is -1.00. The highest BCUT2D eigenvalue weighted by Crippen LogP contribution is 2.39. The Morgan fingerprint density at radius 1 is 0.667 bits per heavy atom. The van der Waals surface area contributed by atoms with Crippen molar-refractivity contribution in [1.82, 2.24) is 0 Å². The molecular weight excluding hydrogens is 468 g/mol. The van der Waals surface area contributed by atoms with E-state index >= 15 is 0 Å². The number of alkyl halides is 2. The Labute approximate surface area is 180 Å². The van der Waals surface area contributed by atoms with Crippen LogP contribution in [0.15, 0.2) is 24.3 Å². The molecular formula is C23H30Br2O2. The van der Waals surface area contributed by atoms with Crippen molar-refractivity contribution in [1.29, 1.82) is 0 Å². The maximum absolute atomic E-state index is 10.9. The van der Waals surface area contributed by atoms with Gasteiger partial charge in [0.2, 0.25) is 0 Å². The Bertz CT molecular complexity index is 758. The summed E-state index contributed by atoms with van der Waals surface area (Å²) in [5.74, 6) is 0.654. The van der Waals surface area contributed by atoms with Crippen LogP contribution in [-0.2, 0) is 27.9 Å². The number of aromatic hydroxyl groups is 2. The summed E-state index contributed by atoms with van der Waals surface area (Å²) in [6.45, 7) is 12.6. The number of rotatable bonds is 4. The summed E-state index contributed by atoms with van der Waals surface area (Å²) < 4.78 is 0. The van der Waals surface area contributed by atoms with E-state index in [1.807, 2.05) is 12.1 Å². The third kappa shape index (κ3) is 5.08. The average molecular weight is 498 g/mol. The summed E-state index contributed by atoms with van der Waals surface area (Å²) in [5.41, 5.74) is 5.49. The van der Waals surface area contributed by atoms with Gasteiger partial charge in [0, 0.05) is 17.1 Å². The van der Waals surface area contributed by atoms with E-state index in [1.165, 1.54) is 0 Å². The number of phenolic OH excluding ortho intramolecular Hbond substituents is 2. The average Bonchev–Trinajstić information content (AvgIpc) is 2.56. The molecule has 2 aromatic carbocycles. The Balaban J connectivity index is 2.64. The highest BCUT2D eigenvalue weighted by Gasteiger charge is 2.24. The van der Waals surface area contributed by atoms with Gasteiger partial charge in [-0.2, -0.15) is 0 Å². The van der Waals surface area contributed by atoms with E-state index in [-0.39, 0.29) is 10.8 Å². The lowest BCUT2D eigenvalue weighted by molar-refractivity contribution is 0.435. The summed E-state index contributed by atoms with van der Waals surface area (Å²) >= 11 is 7.08. The third-order valence-corrected chi connectivity index (χ3v) is 6.10. The summed E-state index contributed by atoms with van der Waals surface area (Å²) in [5, 5.41) is 23.3. The van der Waals surface area contributed by atoms with Gasteiger partial charge in [-0.3, -0.25) is 0 Å². The highest BCUT2D eigenvalue weighted by molar-refractivity contribution is 9.08. The van der Waals surface area contributed by atoms with Crippen LogP contribution in [0.5, 0.6) is 11.5 Å². The minimum absolute atomic E-state index is 0.159. The first-order chi connectivity index (χ1) is 12.4. The van der Waals surface area contributed by atoms with Gasteiger partial charge in [0.1, 0.15) is 11.5 Å². The first-order valence-electron chi connectivity index (χ1n) is 9.21. The molecule has 0 unspecified atom stereocenters. The van der Waals surface area contributed by atoms with Crippen LogP contribution in [0.4, 0.5) is 0 Å². The number of hydrogen-bond donors (Lipinski definition) is 2. The molecule has 2 rings (SSSR count). The lowest BCUT2D eigenvalue weighted by Crippen LogP contribution is -2.14. The molecule has 148 valence electrons. The fourth-order valence-electron chi connectivity index (χ4n) is 3.29. The van der Waals surface area contributed by atoms with Crippen molar-refractivity contribution >= 4 is 31.9 Å². The van der Waals surface area contributed by atoms with Gasteiger partial charge in [0.25, 0.3) is 0 Å². The standard InChI is InChI=1S/C23H30Br2O2/c1-22(2,3)18-9-14(12-24)7-16(20(18)26)11-17-8-15(13-25)10-19(21(17)27)23(4,5)6/h7-10,26-27H,11-13H2,1-6H3. The Morgan fingerprint density at radius 2 is 1.00 bits per heavy atom. The predicted molar refractivity (Wildman–Crippen MR) is 122 cm³/mol. The zero-order chi connectivity index (χ0) is 20.6. The summed E-state index contributed by atoms with van der Waals surface area (Å²) in [4.78, 5) is 0. The molecule has 0 saturated carbocycles. The first kappa shape index (κ1) is 22.3. The maximum atomic E-state index is 10.9. The van der Waals surface area contributed by atoms with Crippen molar-refractivity contribution in [2.45, 2.75) is 69.5 Å². The van der Waals surface area contributed by atoms with Gasteiger partial charge in [0.15, 0.2) is 0 Å². The SMILES string of the molecule is CC(C)(C)c1cc(CBr)cc(Cc2cc(CBr)cc(C(C)(C)C)c2O)c1O. The largest absolute Gasteiger partial charge is 0.507 e. The second-order valence-corrected chi connectivity index (χ2v) is 10.4. The van der Waals surface area contributed by atoms with Crippen LogP contribution in [0.25, 0.3) is 0 Å². The van der Waals surface area contributed by atoms with Crippen LogP contribution in [0.1, 0.15) is 74.9 Å². The molecule has 2 N–H and O–H groups in total. The van der Waals surface area contributed by atoms with Gasteiger partial charge < -0.3 is 10.2 Å². The highest BCUT2D eigenvalue weighted by atomic mass is 79.9. The zero-order valence-corrected chi connectivity index (χ0v) is 20.3. The van der Waals surface area contributed by atoms with E-state index < -0.39 is 0 Å². The van der Waals surface area contributed by atoms with Gasteiger partial charge in [-0.15, -0.1) is 0 Å². The first-order valence-corrected chi connectivity index (χ1v) is 11.4. The number of halogens is 2. The molecule has 4 heteroatoms. The zero-order valence-electron chi connectivity index (χ0n) is 17.1. The molecule has 0 aliphatic carbocycles. The van der Waals surface area contributed by atoms with Crippen molar-refractivity contribution < 1.29 is 10.2 Å². The lowest BCUT2D eigenvalue weighted by Gasteiger charge is -2.25. The van der Waals surface area contributed by atoms with Gasteiger partial charge >= 0.3 is 0 Å². The number of hydrogen-bond acceptors (Lipinski definition) is 2. The summed E-state index contributed by atoms with van der Waals surface area (Å²) in [7, 11) is 0. The maximum Gasteiger partial charge on any atom is 0.122 e. The molecule has 0 fully saturated rings. The van der Waals surface area contributed by atoms with E-state index in [0.29, 0.717) is 17.9 Å². The van der Waals surface area contributed by atoms with E-state index in [4.69, 9.17) is 0 Å². The molecule has 0 aliphatic rings.